The van der Waals surface area contributed by atoms with Crippen LogP contribution < -0.4 is 16.0 Å². The van der Waals surface area contributed by atoms with E-state index in [-0.39, 0.29) is 11.9 Å². The van der Waals surface area contributed by atoms with Crippen molar-refractivity contribution in [2.24, 2.45) is 0 Å². The van der Waals surface area contributed by atoms with Crippen LogP contribution in [0.15, 0.2) is 0 Å². The minimum Gasteiger partial charge on any atom is -0.400 e. The molecule has 28 heavy (non-hydrogen) atoms. The first-order chi connectivity index (χ1) is 13.8. The molecule has 0 saturated carbocycles. The number of likely N-dealkylation sites (N-methyl/N-ethyl adjacent to an activating group) is 1. The molecular weight excluding hydrogens is 350 g/mol. The quantitative estimate of drug-likeness (QED) is 0.327. The lowest BCUT2D eigenvalue weighted by Crippen LogP contribution is -2.42. The third-order valence-corrected chi connectivity index (χ3v) is 3.09. The molecule has 1 unspecified atom stereocenters. The second kappa shape index (κ2) is 56.3. The van der Waals surface area contributed by atoms with E-state index in [1.54, 1.807) is 0 Å². The minimum absolute atomic E-state index is 0.0340. The zero-order valence-corrected chi connectivity index (χ0v) is 21.8. The van der Waals surface area contributed by atoms with Crippen molar-refractivity contribution < 1.29 is 9.90 Å². The second-order valence-corrected chi connectivity index (χ2v) is 4.69. The molecule has 0 radical (unpaired) electrons. The molecule has 0 aliphatic carbocycles. The van der Waals surface area contributed by atoms with Crippen LogP contribution in [0.5, 0.6) is 0 Å². The Morgan fingerprint density at radius 1 is 0.786 bits per heavy atom. The smallest absolute Gasteiger partial charge is 0.237 e. The summed E-state index contributed by atoms with van der Waals surface area (Å²) in [7, 11) is 2.86. The number of carbonyl (C=O) groups is 1. The Morgan fingerprint density at radius 3 is 1.64 bits per heavy atom. The third-order valence-electron chi connectivity index (χ3n) is 3.09. The number of hydrogen-bond donors (Lipinski definition) is 4. The lowest BCUT2D eigenvalue weighted by atomic mass is 10.1. The van der Waals surface area contributed by atoms with Crippen molar-refractivity contribution in [3.8, 4) is 0 Å². The Bertz CT molecular complexity index is 204. The summed E-state index contributed by atoms with van der Waals surface area (Å²) < 4.78 is 0. The molecule has 1 atom stereocenters. The molecule has 0 aromatic carbocycles. The highest BCUT2D eigenvalue weighted by Gasteiger charge is 2.14. The van der Waals surface area contributed by atoms with Gasteiger partial charge >= 0.3 is 0 Å². The number of nitrogens with one attached hydrogen (secondary N) is 3. The fourth-order valence-corrected chi connectivity index (χ4v) is 1.89. The maximum atomic E-state index is 11.9. The predicted molar refractivity (Wildman–Crippen MR) is 131 cm³/mol. The first-order valence-electron chi connectivity index (χ1n) is 11.9. The highest BCUT2D eigenvalue weighted by molar-refractivity contribution is 5.81. The third kappa shape index (κ3) is 44.6. The van der Waals surface area contributed by atoms with Gasteiger partial charge in [-0.25, -0.2) is 0 Å². The molecule has 5 heteroatoms. The lowest BCUT2D eigenvalue weighted by Gasteiger charge is -2.16. The average molecular weight is 410 g/mol. The molecule has 0 aliphatic heterocycles. The summed E-state index contributed by atoms with van der Waals surface area (Å²) in [5.41, 5.74) is 0. The standard InChI is InChI=1S/C14H31N3O.4C2H6.CH4O/c1-4-6-8-12-17-14(18)13(15-3)10-7-9-11-16-5-2;5*1-2/h13,15-16H,4-12H2,1-3H3,(H,17,18);4*1-2H3;2H,1H3. The summed E-state index contributed by atoms with van der Waals surface area (Å²) in [6, 6.07) is -0.0340. The highest BCUT2D eigenvalue weighted by atomic mass is 16.2. The number of hydrogen-bond acceptors (Lipinski definition) is 4. The van der Waals surface area contributed by atoms with Crippen LogP contribution in [0.3, 0.4) is 0 Å². The van der Waals surface area contributed by atoms with Gasteiger partial charge in [-0.3, -0.25) is 4.79 Å². The zero-order valence-electron chi connectivity index (χ0n) is 21.8. The van der Waals surface area contributed by atoms with Gasteiger partial charge < -0.3 is 21.1 Å². The summed E-state index contributed by atoms with van der Waals surface area (Å²) in [6.07, 6.45) is 6.60. The first kappa shape index (κ1) is 41.7. The van der Waals surface area contributed by atoms with Gasteiger partial charge in [0.15, 0.2) is 0 Å². The Balaban J connectivity index is -0.000000104. The molecule has 0 saturated heterocycles. The monoisotopic (exact) mass is 409 g/mol. The Labute approximate surface area is 179 Å². The average Bonchev–Trinajstić information content (AvgIpc) is 2.80. The molecule has 0 aromatic rings. The summed E-state index contributed by atoms with van der Waals surface area (Å²) in [5.74, 6) is 0.150. The van der Waals surface area contributed by atoms with E-state index in [0.717, 1.165) is 52.4 Å². The fraction of sp³-hybridized carbons (Fsp3) is 0.957. The van der Waals surface area contributed by atoms with Crippen LogP contribution in [0, 0.1) is 0 Å². The summed E-state index contributed by atoms with van der Waals surface area (Å²) in [4.78, 5) is 11.9. The molecule has 0 aliphatic rings. The van der Waals surface area contributed by atoms with Gasteiger partial charge in [0.05, 0.1) is 6.04 Å². The van der Waals surface area contributed by atoms with Crippen molar-refractivity contribution in [1.82, 2.24) is 16.0 Å². The van der Waals surface area contributed by atoms with Crippen molar-refractivity contribution in [3.63, 3.8) is 0 Å². The predicted octanol–water partition coefficient (Wildman–Crippen LogP) is 5.37. The summed E-state index contributed by atoms with van der Waals surface area (Å²) in [6.45, 7) is 23.2. The van der Waals surface area contributed by atoms with Gasteiger partial charge in [-0.1, -0.05) is 88.5 Å². The number of rotatable bonds is 12. The van der Waals surface area contributed by atoms with Crippen LogP contribution in [0.2, 0.25) is 0 Å². The van der Waals surface area contributed by atoms with E-state index in [1.165, 1.54) is 12.8 Å². The highest BCUT2D eigenvalue weighted by Crippen LogP contribution is 2.01. The maximum absolute atomic E-state index is 11.9. The minimum atomic E-state index is -0.0340. The molecule has 0 spiro atoms. The van der Waals surface area contributed by atoms with Crippen LogP contribution in [0.1, 0.15) is 108 Å². The number of amides is 1. The van der Waals surface area contributed by atoms with Gasteiger partial charge in [0.2, 0.25) is 5.91 Å². The van der Waals surface area contributed by atoms with Crippen LogP contribution in [-0.4, -0.2) is 50.8 Å². The Morgan fingerprint density at radius 2 is 1.25 bits per heavy atom. The van der Waals surface area contributed by atoms with Crippen LogP contribution in [0.4, 0.5) is 0 Å². The van der Waals surface area contributed by atoms with Gasteiger partial charge in [0.1, 0.15) is 0 Å². The van der Waals surface area contributed by atoms with Gasteiger partial charge in [-0.05, 0) is 39.4 Å². The van der Waals surface area contributed by atoms with Gasteiger partial charge in [0, 0.05) is 13.7 Å². The van der Waals surface area contributed by atoms with Gasteiger partial charge in [0.25, 0.3) is 0 Å². The van der Waals surface area contributed by atoms with E-state index in [2.05, 4.69) is 29.8 Å². The normalized spacial score (nSPS) is 9.04. The zero-order chi connectivity index (χ0) is 23.6. The van der Waals surface area contributed by atoms with Crippen molar-refractivity contribution in [2.75, 3.05) is 33.8 Å². The van der Waals surface area contributed by atoms with E-state index >= 15 is 0 Å². The fourth-order valence-electron chi connectivity index (χ4n) is 1.89. The van der Waals surface area contributed by atoms with Crippen molar-refractivity contribution >= 4 is 5.91 Å². The molecule has 0 bridgehead atoms. The topological polar surface area (TPSA) is 73.4 Å². The SMILES string of the molecule is CC.CC.CC.CC.CCCCCNC(=O)C(CCCCNCC)NC.CO. The maximum Gasteiger partial charge on any atom is 0.237 e. The largest absolute Gasteiger partial charge is 0.400 e. The lowest BCUT2D eigenvalue weighted by molar-refractivity contribution is -0.123. The van der Waals surface area contributed by atoms with Crippen molar-refractivity contribution in [1.29, 1.82) is 0 Å². The van der Waals surface area contributed by atoms with E-state index in [9.17, 15) is 4.79 Å². The number of aliphatic hydroxyl groups excluding tert-OH is 1. The molecule has 0 fully saturated rings. The Hall–Kier alpha value is -0.650. The molecular formula is C23H59N3O2. The number of aliphatic hydroxyl groups is 1. The van der Waals surface area contributed by atoms with E-state index in [1.807, 2.05) is 62.4 Å². The van der Waals surface area contributed by atoms with E-state index in [0.29, 0.717) is 0 Å². The van der Waals surface area contributed by atoms with Crippen LogP contribution >= 0.6 is 0 Å². The first-order valence-corrected chi connectivity index (χ1v) is 11.9. The molecule has 5 nitrogen and oxygen atoms in total. The Kier molecular flexibility index (Phi) is 83.7. The van der Waals surface area contributed by atoms with Crippen LogP contribution in [0.25, 0.3) is 0 Å². The molecule has 0 heterocycles. The number of unbranched alkanes of at least 4 members (excludes halogenated alkanes) is 3. The van der Waals surface area contributed by atoms with Crippen molar-refractivity contribution in [3.05, 3.63) is 0 Å². The van der Waals surface area contributed by atoms with Crippen LogP contribution in [-0.2, 0) is 4.79 Å². The molecule has 0 rings (SSSR count). The summed E-state index contributed by atoms with van der Waals surface area (Å²) in [5, 5.41) is 16.4. The van der Waals surface area contributed by atoms with E-state index < -0.39 is 0 Å². The number of carbonyl (C=O) groups excluding carboxylic acids is 1. The molecule has 1 amide bonds. The molecule has 178 valence electrons. The molecule has 0 aromatic heterocycles. The van der Waals surface area contributed by atoms with Gasteiger partial charge in [-0.2, -0.15) is 0 Å². The second-order valence-electron chi connectivity index (χ2n) is 4.69. The summed E-state index contributed by atoms with van der Waals surface area (Å²) >= 11 is 0. The van der Waals surface area contributed by atoms with E-state index in [4.69, 9.17) is 5.11 Å². The van der Waals surface area contributed by atoms with Gasteiger partial charge in [-0.15, -0.1) is 0 Å². The van der Waals surface area contributed by atoms with Crippen molar-refractivity contribution in [2.45, 2.75) is 114 Å². The molecule has 4 N–H and O–H groups in total.